The summed E-state index contributed by atoms with van der Waals surface area (Å²) in [6, 6.07) is 0. The summed E-state index contributed by atoms with van der Waals surface area (Å²) in [7, 11) is 0. The summed E-state index contributed by atoms with van der Waals surface area (Å²) < 4.78 is 0. The molecule has 0 rings (SSSR count). The summed E-state index contributed by atoms with van der Waals surface area (Å²) in [5, 5.41) is 0. The minimum absolute atomic E-state index is 0.0406. The third-order valence-corrected chi connectivity index (χ3v) is 0.672. The molecular formula is C8H15N. The van der Waals surface area contributed by atoms with Crippen molar-refractivity contribution in [1.29, 1.82) is 0 Å². The van der Waals surface area contributed by atoms with E-state index in [0.29, 0.717) is 0 Å². The van der Waals surface area contributed by atoms with Gasteiger partial charge in [0.1, 0.15) is 0 Å². The van der Waals surface area contributed by atoms with Crippen molar-refractivity contribution in [3.63, 3.8) is 0 Å². The Kier molecular flexibility index (Phi) is 2.63. The van der Waals surface area contributed by atoms with E-state index in [1.165, 1.54) is 0 Å². The first kappa shape index (κ1) is 8.41. The van der Waals surface area contributed by atoms with Crippen molar-refractivity contribution in [2.24, 2.45) is 4.99 Å². The maximum Gasteiger partial charge on any atom is 0.0524 e. The monoisotopic (exact) mass is 125 g/mol. The fraction of sp³-hybridized carbons (Fsp3) is 0.625. The van der Waals surface area contributed by atoms with Crippen LogP contribution >= 0.6 is 0 Å². The average Bonchev–Trinajstić information content (AvgIpc) is 1.59. The summed E-state index contributed by atoms with van der Waals surface area (Å²) in [6.07, 6.45) is 1.81. The van der Waals surface area contributed by atoms with Gasteiger partial charge in [-0.3, -0.25) is 4.99 Å². The number of rotatable bonds is 1. The quantitative estimate of drug-likeness (QED) is 0.477. The van der Waals surface area contributed by atoms with Crippen LogP contribution in [0.25, 0.3) is 0 Å². The third-order valence-electron chi connectivity index (χ3n) is 0.672. The molecule has 0 aromatic carbocycles. The zero-order valence-corrected chi connectivity index (χ0v) is 6.73. The second-order valence-corrected chi connectivity index (χ2v) is 3.28. The molecular weight excluding hydrogens is 110 g/mol. The highest BCUT2D eigenvalue weighted by Gasteiger charge is 2.03. The Morgan fingerprint density at radius 1 is 1.44 bits per heavy atom. The molecule has 0 aliphatic carbocycles. The van der Waals surface area contributed by atoms with E-state index in [2.05, 4.69) is 32.3 Å². The van der Waals surface area contributed by atoms with Crippen molar-refractivity contribution in [3.8, 4) is 0 Å². The van der Waals surface area contributed by atoms with E-state index < -0.39 is 0 Å². The maximum atomic E-state index is 4.23. The molecule has 1 heteroatoms. The zero-order valence-electron chi connectivity index (χ0n) is 6.73. The zero-order chi connectivity index (χ0) is 7.49. The summed E-state index contributed by atoms with van der Waals surface area (Å²) in [5.74, 6) is 0. The van der Waals surface area contributed by atoms with Crippen molar-refractivity contribution in [1.82, 2.24) is 0 Å². The topological polar surface area (TPSA) is 12.4 Å². The Hall–Kier alpha value is -0.590. The summed E-state index contributed by atoms with van der Waals surface area (Å²) >= 11 is 0. The first-order valence-corrected chi connectivity index (χ1v) is 3.12. The van der Waals surface area contributed by atoms with Gasteiger partial charge in [-0.25, -0.2) is 0 Å². The van der Waals surface area contributed by atoms with Gasteiger partial charge in [-0.1, -0.05) is 6.58 Å². The van der Waals surface area contributed by atoms with Crippen LogP contribution in [-0.2, 0) is 0 Å². The first-order chi connectivity index (χ1) is 3.92. The highest BCUT2D eigenvalue weighted by Crippen LogP contribution is 2.05. The van der Waals surface area contributed by atoms with Crippen LogP contribution in [-0.4, -0.2) is 11.8 Å². The highest BCUT2D eigenvalue weighted by atomic mass is 14.8. The van der Waals surface area contributed by atoms with Crippen LogP contribution in [0, 0.1) is 0 Å². The molecule has 0 heterocycles. The van der Waals surface area contributed by atoms with Crippen LogP contribution in [0.2, 0.25) is 0 Å². The molecule has 52 valence electrons. The van der Waals surface area contributed by atoms with Crippen LogP contribution in [0.5, 0.6) is 0 Å². The third kappa shape index (κ3) is 7.41. The molecule has 0 saturated carbocycles. The first-order valence-electron chi connectivity index (χ1n) is 3.12. The summed E-state index contributed by atoms with van der Waals surface area (Å²) in [4.78, 5) is 4.23. The van der Waals surface area contributed by atoms with Gasteiger partial charge in [-0.15, -0.1) is 0 Å². The molecule has 0 aromatic heterocycles. The lowest BCUT2D eigenvalue weighted by atomic mass is 10.1. The molecule has 0 aliphatic heterocycles. The molecule has 0 bridgehead atoms. The Balaban J connectivity index is 3.86. The standard InChI is InChI=1S/C8H15N/c1-7(2)6-9-8(3,4)5/h6H,1H2,2-5H3. The second kappa shape index (κ2) is 2.81. The molecule has 9 heavy (non-hydrogen) atoms. The van der Waals surface area contributed by atoms with E-state index in [1.807, 2.05) is 6.92 Å². The minimum Gasteiger partial charge on any atom is -0.287 e. The van der Waals surface area contributed by atoms with E-state index in [1.54, 1.807) is 6.21 Å². The largest absolute Gasteiger partial charge is 0.287 e. The van der Waals surface area contributed by atoms with Gasteiger partial charge in [-0.2, -0.15) is 0 Å². The van der Waals surface area contributed by atoms with Crippen molar-refractivity contribution in [2.45, 2.75) is 33.2 Å². The Morgan fingerprint density at radius 2 is 1.89 bits per heavy atom. The van der Waals surface area contributed by atoms with E-state index in [-0.39, 0.29) is 5.54 Å². The van der Waals surface area contributed by atoms with Crippen LogP contribution in [0.3, 0.4) is 0 Å². The van der Waals surface area contributed by atoms with Crippen LogP contribution < -0.4 is 0 Å². The average molecular weight is 125 g/mol. The lowest BCUT2D eigenvalue weighted by Gasteiger charge is -2.10. The lowest BCUT2D eigenvalue weighted by Crippen LogP contribution is -2.09. The Morgan fingerprint density at radius 3 is 2.00 bits per heavy atom. The van der Waals surface area contributed by atoms with Gasteiger partial charge in [0.25, 0.3) is 0 Å². The van der Waals surface area contributed by atoms with E-state index in [4.69, 9.17) is 0 Å². The summed E-state index contributed by atoms with van der Waals surface area (Å²) in [5.41, 5.74) is 1.05. The van der Waals surface area contributed by atoms with Crippen molar-refractivity contribution in [3.05, 3.63) is 12.2 Å². The van der Waals surface area contributed by atoms with Crippen molar-refractivity contribution >= 4 is 6.21 Å². The van der Waals surface area contributed by atoms with Crippen LogP contribution in [0.4, 0.5) is 0 Å². The van der Waals surface area contributed by atoms with E-state index in [9.17, 15) is 0 Å². The number of hydrogen-bond donors (Lipinski definition) is 0. The smallest absolute Gasteiger partial charge is 0.0524 e. The van der Waals surface area contributed by atoms with Gasteiger partial charge in [0, 0.05) is 6.21 Å². The van der Waals surface area contributed by atoms with E-state index >= 15 is 0 Å². The molecule has 0 unspecified atom stereocenters. The van der Waals surface area contributed by atoms with Crippen LogP contribution in [0.15, 0.2) is 17.1 Å². The van der Waals surface area contributed by atoms with Crippen molar-refractivity contribution < 1.29 is 0 Å². The molecule has 0 radical (unpaired) electrons. The fourth-order valence-electron chi connectivity index (χ4n) is 0.304. The molecule has 0 saturated heterocycles. The number of allylic oxidation sites excluding steroid dienone is 1. The molecule has 0 spiro atoms. The molecule has 1 nitrogen and oxygen atoms in total. The van der Waals surface area contributed by atoms with Gasteiger partial charge in [0.2, 0.25) is 0 Å². The number of hydrogen-bond acceptors (Lipinski definition) is 1. The Labute approximate surface area is 57.5 Å². The molecule has 0 aromatic rings. The lowest BCUT2D eigenvalue weighted by molar-refractivity contribution is 0.586. The second-order valence-electron chi connectivity index (χ2n) is 3.28. The SMILES string of the molecule is C=C(C)C=NC(C)(C)C. The highest BCUT2D eigenvalue weighted by molar-refractivity contribution is 5.76. The fourth-order valence-corrected chi connectivity index (χ4v) is 0.304. The van der Waals surface area contributed by atoms with Gasteiger partial charge in [-0.05, 0) is 33.3 Å². The summed E-state index contributed by atoms with van der Waals surface area (Å²) in [6.45, 7) is 11.8. The van der Waals surface area contributed by atoms with Crippen molar-refractivity contribution in [2.75, 3.05) is 0 Å². The predicted octanol–water partition coefficient (Wildman–Crippen LogP) is 2.43. The van der Waals surface area contributed by atoms with Gasteiger partial charge in [0.15, 0.2) is 0 Å². The molecule has 0 aliphatic rings. The van der Waals surface area contributed by atoms with Crippen LogP contribution in [0.1, 0.15) is 27.7 Å². The maximum absolute atomic E-state index is 4.23. The number of aliphatic imine (C=N–C) groups is 1. The minimum atomic E-state index is 0.0406. The molecule has 0 fully saturated rings. The predicted molar refractivity (Wildman–Crippen MR) is 43.1 cm³/mol. The van der Waals surface area contributed by atoms with Gasteiger partial charge < -0.3 is 0 Å². The molecule has 0 N–H and O–H groups in total. The molecule has 0 amide bonds. The molecule has 0 atom stereocenters. The normalized spacial score (nSPS) is 12.4. The van der Waals surface area contributed by atoms with E-state index in [0.717, 1.165) is 5.57 Å². The Bertz CT molecular complexity index is 126. The van der Waals surface area contributed by atoms with Gasteiger partial charge in [0.05, 0.1) is 5.54 Å². The number of nitrogens with zero attached hydrogens (tertiary/aromatic N) is 1. The van der Waals surface area contributed by atoms with Gasteiger partial charge >= 0.3 is 0 Å².